The molecule has 4 nitrogen and oxygen atoms in total. The summed E-state index contributed by atoms with van der Waals surface area (Å²) in [7, 11) is 0. The first-order chi connectivity index (χ1) is 14.3. The van der Waals surface area contributed by atoms with Gasteiger partial charge in [-0.3, -0.25) is 20.7 Å². The van der Waals surface area contributed by atoms with Gasteiger partial charge in [0.15, 0.2) is 0 Å². The number of pyridine rings is 1. The van der Waals surface area contributed by atoms with E-state index in [1.54, 1.807) is 0 Å². The number of piperidine rings is 1. The Kier molecular flexibility index (Phi) is 5.32. The van der Waals surface area contributed by atoms with Gasteiger partial charge in [-0.2, -0.15) is 0 Å². The molecule has 2 aliphatic rings. The molecule has 3 unspecified atom stereocenters. The average molecular weight is 387 g/mol. The van der Waals surface area contributed by atoms with Crippen molar-refractivity contribution >= 4 is 10.9 Å². The highest BCUT2D eigenvalue weighted by molar-refractivity contribution is 5.81. The zero-order chi connectivity index (χ0) is 19.6. The molecule has 0 spiro atoms. The maximum Gasteiger partial charge on any atom is 0.0705 e. The van der Waals surface area contributed by atoms with Gasteiger partial charge in [-0.05, 0) is 61.1 Å². The SMILES string of the molecule is Cc1ccccc1C1CNNC1C1CCCN(Cc2ccnc3ccccc23)C1. The number of benzene rings is 2. The molecule has 0 aliphatic carbocycles. The van der Waals surface area contributed by atoms with Crippen LogP contribution in [0.3, 0.4) is 0 Å². The van der Waals surface area contributed by atoms with E-state index >= 15 is 0 Å². The molecular weight excluding hydrogens is 356 g/mol. The summed E-state index contributed by atoms with van der Waals surface area (Å²) in [6.45, 7) is 6.60. The lowest BCUT2D eigenvalue weighted by Crippen LogP contribution is -2.46. The second-order valence-corrected chi connectivity index (χ2v) is 8.64. The summed E-state index contributed by atoms with van der Waals surface area (Å²) in [4.78, 5) is 7.17. The van der Waals surface area contributed by atoms with Crippen molar-refractivity contribution in [2.45, 2.75) is 38.3 Å². The van der Waals surface area contributed by atoms with E-state index in [9.17, 15) is 0 Å². The molecule has 4 heteroatoms. The number of hydrogen-bond acceptors (Lipinski definition) is 4. The first-order valence-corrected chi connectivity index (χ1v) is 10.9. The molecule has 2 aromatic carbocycles. The van der Waals surface area contributed by atoms with Crippen LogP contribution < -0.4 is 10.9 Å². The molecule has 0 amide bonds. The fraction of sp³-hybridized carbons (Fsp3) is 0.400. The van der Waals surface area contributed by atoms with Crippen molar-refractivity contribution in [2.24, 2.45) is 5.92 Å². The molecule has 2 aliphatic heterocycles. The minimum Gasteiger partial charge on any atom is -0.299 e. The van der Waals surface area contributed by atoms with Gasteiger partial charge in [-0.15, -0.1) is 0 Å². The summed E-state index contributed by atoms with van der Waals surface area (Å²) in [5.41, 5.74) is 12.5. The van der Waals surface area contributed by atoms with Crippen LogP contribution in [0.1, 0.15) is 35.4 Å². The van der Waals surface area contributed by atoms with E-state index in [-0.39, 0.29) is 0 Å². The first-order valence-electron chi connectivity index (χ1n) is 10.9. The maximum absolute atomic E-state index is 4.53. The third-order valence-corrected chi connectivity index (χ3v) is 6.80. The lowest BCUT2D eigenvalue weighted by molar-refractivity contribution is 0.140. The van der Waals surface area contributed by atoms with Crippen molar-refractivity contribution in [1.29, 1.82) is 0 Å². The third kappa shape index (κ3) is 3.80. The Morgan fingerprint density at radius 3 is 2.86 bits per heavy atom. The fourth-order valence-corrected chi connectivity index (χ4v) is 5.33. The Morgan fingerprint density at radius 2 is 1.93 bits per heavy atom. The number of hydrazine groups is 1. The minimum absolute atomic E-state index is 0.494. The smallest absolute Gasteiger partial charge is 0.0705 e. The van der Waals surface area contributed by atoms with Gasteiger partial charge in [0, 0.05) is 43.2 Å². The number of likely N-dealkylation sites (tertiary alicyclic amines) is 1. The lowest BCUT2D eigenvalue weighted by atomic mass is 9.80. The van der Waals surface area contributed by atoms with Crippen LogP contribution in [0.4, 0.5) is 0 Å². The number of aromatic nitrogens is 1. The Morgan fingerprint density at radius 1 is 1.07 bits per heavy atom. The fourth-order valence-electron chi connectivity index (χ4n) is 5.33. The Balaban J connectivity index is 1.33. The van der Waals surface area contributed by atoms with Crippen LogP contribution in [0.25, 0.3) is 10.9 Å². The van der Waals surface area contributed by atoms with Crippen LogP contribution in [-0.2, 0) is 6.54 Å². The molecule has 3 aromatic rings. The Bertz CT molecular complexity index is 980. The molecule has 0 bridgehead atoms. The van der Waals surface area contributed by atoms with Crippen LogP contribution in [0.15, 0.2) is 60.8 Å². The van der Waals surface area contributed by atoms with Crippen LogP contribution >= 0.6 is 0 Å². The Labute approximate surface area is 173 Å². The van der Waals surface area contributed by atoms with Gasteiger partial charge in [-0.25, -0.2) is 0 Å². The number of hydrogen-bond donors (Lipinski definition) is 2. The summed E-state index contributed by atoms with van der Waals surface area (Å²) >= 11 is 0. The van der Waals surface area contributed by atoms with Crippen LogP contribution in [0.2, 0.25) is 0 Å². The molecule has 3 heterocycles. The monoisotopic (exact) mass is 386 g/mol. The predicted octanol–water partition coefficient (Wildman–Crippen LogP) is 4.02. The second-order valence-electron chi connectivity index (χ2n) is 8.64. The van der Waals surface area contributed by atoms with Gasteiger partial charge >= 0.3 is 0 Å². The molecule has 2 saturated heterocycles. The van der Waals surface area contributed by atoms with E-state index in [1.165, 1.54) is 41.5 Å². The molecular formula is C25H30N4. The second kappa shape index (κ2) is 8.23. The number of nitrogens with one attached hydrogen (secondary N) is 2. The lowest BCUT2D eigenvalue weighted by Gasteiger charge is -2.37. The van der Waals surface area contributed by atoms with Crippen molar-refractivity contribution in [2.75, 3.05) is 19.6 Å². The van der Waals surface area contributed by atoms with Gasteiger partial charge in [0.05, 0.1) is 5.52 Å². The van der Waals surface area contributed by atoms with E-state index < -0.39 is 0 Å². The van der Waals surface area contributed by atoms with Crippen molar-refractivity contribution < 1.29 is 0 Å². The number of rotatable bonds is 4. The van der Waals surface area contributed by atoms with Crippen molar-refractivity contribution in [3.8, 4) is 0 Å². The first kappa shape index (κ1) is 18.7. The number of fused-ring (bicyclic) bond motifs is 1. The molecule has 2 fully saturated rings. The largest absolute Gasteiger partial charge is 0.299 e. The van der Waals surface area contributed by atoms with Crippen LogP contribution in [0.5, 0.6) is 0 Å². The molecule has 0 saturated carbocycles. The molecule has 1 aromatic heterocycles. The standard InChI is InChI=1S/C25H30N4/c1-18-7-2-3-9-21(18)23-15-27-28-25(23)20-8-6-14-29(17-20)16-19-12-13-26-24-11-5-4-10-22(19)24/h2-5,7,9-13,20,23,25,27-28H,6,8,14-17H2,1H3. The minimum atomic E-state index is 0.494. The van der Waals surface area contributed by atoms with Crippen molar-refractivity contribution in [3.05, 3.63) is 77.5 Å². The van der Waals surface area contributed by atoms with Crippen LogP contribution in [0, 0.1) is 12.8 Å². The zero-order valence-corrected chi connectivity index (χ0v) is 17.1. The quantitative estimate of drug-likeness (QED) is 0.711. The number of aryl methyl sites for hydroxylation is 1. The van der Waals surface area contributed by atoms with E-state index in [0.29, 0.717) is 17.9 Å². The summed E-state index contributed by atoms with van der Waals surface area (Å²) in [6.07, 6.45) is 4.53. The predicted molar refractivity (Wildman–Crippen MR) is 119 cm³/mol. The molecule has 150 valence electrons. The van der Waals surface area contributed by atoms with E-state index in [2.05, 4.69) is 82.3 Å². The van der Waals surface area contributed by atoms with E-state index in [4.69, 9.17) is 0 Å². The summed E-state index contributed by atoms with van der Waals surface area (Å²) in [5.74, 6) is 1.21. The highest BCUT2D eigenvalue weighted by atomic mass is 15.4. The number of nitrogens with zero attached hydrogens (tertiary/aromatic N) is 2. The van der Waals surface area contributed by atoms with Crippen LogP contribution in [-0.4, -0.2) is 35.6 Å². The zero-order valence-electron chi connectivity index (χ0n) is 17.1. The van der Waals surface area contributed by atoms with Gasteiger partial charge in [0.2, 0.25) is 0 Å². The molecule has 0 radical (unpaired) electrons. The van der Waals surface area contributed by atoms with Gasteiger partial charge < -0.3 is 0 Å². The van der Waals surface area contributed by atoms with Crippen molar-refractivity contribution in [3.63, 3.8) is 0 Å². The third-order valence-electron chi connectivity index (χ3n) is 6.80. The van der Waals surface area contributed by atoms with E-state index in [0.717, 1.165) is 25.2 Å². The normalized spacial score (nSPS) is 25.5. The van der Waals surface area contributed by atoms with Gasteiger partial charge in [0.25, 0.3) is 0 Å². The molecule has 5 rings (SSSR count). The number of para-hydroxylation sites is 1. The van der Waals surface area contributed by atoms with E-state index in [1.807, 2.05) is 6.20 Å². The van der Waals surface area contributed by atoms with Crippen molar-refractivity contribution in [1.82, 2.24) is 20.7 Å². The highest BCUT2D eigenvalue weighted by Crippen LogP contribution is 2.33. The van der Waals surface area contributed by atoms with Gasteiger partial charge in [0.1, 0.15) is 0 Å². The summed E-state index contributed by atoms with van der Waals surface area (Å²) in [6, 6.07) is 20.1. The molecule has 3 atom stereocenters. The maximum atomic E-state index is 4.53. The summed E-state index contributed by atoms with van der Waals surface area (Å²) in [5, 5.41) is 1.29. The highest BCUT2D eigenvalue weighted by Gasteiger charge is 2.37. The summed E-state index contributed by atoms with van der Waals surface area (Å²) < 4.78 is 0. The average Bonchev–Trinajstić information content (AvgIpc) is 3.24. The Hall–Kier alpha value is -2.27. The topological polar surface area (TPSA) is 40.2 Å². The van der Waals surface area contributed by atoms with Gasteiger partial charge in [-0.1, -0.05) is 42.5 Å². The molecule has 2 N–H and O–H groups in total. The molecule has 29 heavy (non-hydrogen) atoms.